The van der Waals surface area contributed by atoms with Crippen molar-refractivity contribution in [1.29, 1.82) is 0 Å². The standard InChI is InChI=1S/C18H23NO8/c1-9(16(21)22)25-15-13(19-10(2)20)17(23)26-12-8-24-18(27-14(12)15)11-6-4-3-5-7-11/h3-7,9,12-15,17-18,23H,8H2,1-2H3,(H,19,20)(H,21,22)/t9-,12-,13-,14+,15-,17+,18+/m0/s1. The molecule has 0 saturated carbocycles. The first kappa shape index (κ1) is 19.7. The fraction of sp³-hybridized carbons (Fsp3) is 0.556. The van der Waals surface area contributed by atoms with Crippen LogP contribution in [0.25, 0.3) is 0 Å². The van der Waals surface area contributed by atoms with Crippen molar-refractivity contribution in [3.63, 3.8) is 0 Å². The molecule has 0 bridgehead atoms. The average Bonchev–Trinajstić information content (AvgIpc) is 2.64. The average molecular weight is 381 g/mol. The summed E-state index contributed by atoms with van der Waals surface area (Å²) in [6.07, 6.45) is -5.61. The summed E-state index contributed by atoms with van der Waals surface area (Å²) in [6, 6.07) is 8.24. The second-order valence-corrected chi connectivity index (χ2v) is 6.55. The number of fused-ring (bicyclic) bond motifs is 1. The van der Waals surface area contributed by atoms with Gasteiger partial charge in [-0.25, -0.2) is 4.79 Å². The maximum Gasteiger partial charge on any atom is 0.332 e. The van der Waals surface area contributed by atoms with E-state index in [1.165, 1.54) is 13.8 Å². The molecule has 1 aromatic carbocycles. The lowest BCUT2D eigenvalue weighted by molar-refractivity contribution is -0.344. The molecule has 27 heavy (non-hydrogen) atoms. The summed E-state index contributed by atoms with van der Waals surface area (Å²) in [5.41, 5.74) is 0.781. The second-order valence-electron chi connectivity index (χ2n) is 6.55. The van der Waals surface area contributed by atoms with Crippen molar-refractivity contribution in [2.24, 2.45) is 0 Å². The molecule has 3 N–H and O–H groups in total. The number of aliphatic hydroxyl groups is 1. The molecule has 7 atom stereocenters. The van der Waals surface area contributed by atoms with Gasteiger partial charge in [0.15, 0.2) is 18.7 Å². The Morgan fingerprint density at radius 2 is 1.96 bits per heavy atom. The van der Waals surface area contributed by atoms with Crippen molar-refractivity contribution in [2.45, 2.75) is 56.9 Å². The predicted octanol–water partition coefficient (Wildman–Crippen LogP) is 0.181. The number of carbonyl (C=O) groups excluding carboxylic acids is 1. The number of hydrogen-bond donors (Lipinski definition) is 3. The molecule has 2 heterocycles. The lowest BCUT2D eigenvalue weighted by Crippen LogP contribution is -2.67. The zero-order valence-electron chi connectivity index (χ0n) is 15.0. The van der Waals surface area contributed by atoms with E-state index in [1.54, 1.807) is 0 Å². The molecule has 2 aliphatic heterocycles. The highest BCUT2D eigenvalue weighted by molar-refractivity contribution is 5.73. The third-order valence-electron chi connectivity index (χ3n) is 4.51. The molecular formula is C18H23NO8. The van der Waals surface area contributed by atoms with Gasteiger partial charge >= 0.3 is 5.97 Å². The number of aliphatic hydroxyl groups excluding tert-OH is 1. The minimum atomic E-state index is -1.39. The molecule has 2 fully saturated rings. The van der Waals surface area contributed by atoms with Gasteiger partial charge < -0.3 is 34.5 Å². The number of carboxylic acids is 1. The lowest BCUT2D eigenvalue weighted by atomic mass is 9.95. The number of rotatable bonds is 5. The van der Waals surface area contributed by atoms with E-state index in [0.29, 0.717) is 0 Å². The van der Waals surface area contributed by atoms with Gasteiger partial charge in [0.2, 0.25) is 5.91 Å². The van der Waals surface area contributed by atoms with Crippen molar-refractivity contribution in [3.8, 4) is 0 Å². The van der Waals surface area contributed by atoms with Crippen molar-refractivity contribution in [1.82, 2.24) is 5.32 Å². The number of hydrogen-bond acceptors (Lipinski definition) is 7. The highest BCUT2D eigenvalue weighted by Crippen LogP contribution is 2.35. The summed E-state index contributed by atoms with van der Waals surface area (Å²) in [5, 5.41) is 22.0. The predicted molar refractivity (Wildman–Crippen MR) is 90.5 cm³/mol. The van der Waals surface area contributed by atoms with Crippen LogP contribution in [-0.2, 0) is 28.5 Å². The Kier molecular flexibility index (Phi) is 6.08. The summed E-state index contributed by atoms with van der Waals surface area (Å²) >= 11 is 0. The van der Waals surface area contributed by atoms with Crippen LogP contribution in [0.15, 0.2) is 30.3 Å². The van der Waals surface area contributed by atoms with E-state index < -0.39 is 54.9 Å². The minimum Gasteiger partial charge on any atom is -0.479 e. The smallest absolute Gasteiger partial charge is 0.332 e. The van der Waals surface area contributed by atoms with Gasteiger partial charge in [0.1, 0.15) is 24.4 Å². The molecule has 2 saturated heterocycles. The molecule has 9 nitrogen and oxygen atoms in total. The van der Waals surface area contributed by atoms with Crippen LogP contribution in [0, 0.1) is 0 Å². The van der Waals surface area contributed by atoms with E-state index in [2.05, 4.69) is 5.32 Å². The van der Waals surface area contributed by atoms with Gasteiger partial charge in [0.25, 0.3) is 0 Å². The summed E-state index contributed by atoms with van der Waals surface area (Å²) in [7, 11) is 0. The first-order valence-electron chi connectivity index (χ1n) is 8.67. The topological polar surface area (TPSA) is 124 Å². The fourth-order valence-corrected chi connectivity index (χ4v) is 3.21. The van der Waals surface area contributed by atoms with E-state index in [-0.39, 0.29) is 6.61 Å². The van der Waals surface area contributed by atoms with E-state index >= 15 is 0 Å². The van der Waals surface area contributed by atoms with Crippen LogP contribution in [0.2, 0.25) is 0 Å². The van der Waals surface area contributed by atoms with E-state index in [9.17, 15) is 19.8 Å². The zero-order valence-corrected chi connectivity index (χ0v) is 15.0. The van der Waals surface area contributed by atoms with E-state index in [4.69, 9.17) is 18.9 Å². The summed E-state index contributed by atoms with van der Waals surface area (Å²) in [4.78, 5) is 22.8. The normalized spacial score (nSPS) is 34.3. The van der Waals surface area contributed by atoms with Crippen LogP contribution >= 0.6 is 0 Å². The summed E-state index contributed by atoms with van der Waals surface area (Å²) in [5.74, 6) is -1.58. The van der Waals surface area contributed by atoms with Crippen LogP contribution in [0.3, 0.4) is 0 Å². The first-order chi connectivity index (χ1) is 12.9. The largest absolute Gasteiger partial charge is 0.479 e. The van der Waals surface area contributed by atoms with Gasteiger partial charge in [-0.3, -0.25) is 4.79 Å². The molecular weight excluding hydrogens is 358 g/mol. The molecule has 9 heteroatoms. The Morgan fingerprint density at radius 1 is 1.26 bits per heavy atom. The zero-order chi connectivity index (χ0) is 19.6. The van der Waals surface area contributed by atoms with Crippen LogP contribution in [-0.4, -0.2) is 65.4 Å². The maximum absolute atomic E-state index is 11.6. The van der Waals surface area contributed by atoms with Crippen molar-refractivity contribution >= 4 is 11.9 Å². The van der Waals surface area contributed by atoms with E-state index in [1.807, 2.05) is 30.3 Å². The fourth-order valence-electron chi connectivity index (χ4n) is 3.21. The SMILES string of the molecule is CC(=O)N[C@H]1[C@H](O[C@@H](C)C(=O)O)[C@@H]2O[C@H](c3ccccc3)OC[C@@H]2O[C@H]1O. The number of carboxylic acid groups (broad SMARTS) is 1. The second kappa shape index (κ2) is 8.32. The summed E-state index contributed by atoms with van der Waals surface area (Å²) in [6.45, 7) is 2.78. The Balaban J connectivity index is 1.85. The molecule has 0 aliphatic carbocycles. The highest BCUT2D eigenvalue weighted by atomic mass is 16.7. The molecule has 0 aromatic heterocycles. The van der Waals surface area contributed by atoms with Gasteiger partial charge in [-0.15, -0.1) is 0 Å². The number of amides is 1. The molecule has 2 aliphatic rings. The van der Waals surface area contributed by atoms with Gasteiger partial charge in [-0.2, -0.15) is 0 Å². The first-order valence-corrected chi connectivity index (χ1v) is 8.67. The van der Waals surface area contributed by atoms with Gasteiger partial charge in [0, 0.05) is 12.5 Å². The third-order valence-corrected chi connectivity index (χ3v) is 4.51. The molecule has 0 radical (unpaired) electrons. The van der Waals surface area contributed by atoms with E-state index in [0.717, 1.165) is 5.56 Å². The maximum atomic E-state index is 11.6. The van der Waals surface area contributed by atoms with Gasteiger partial charge in [-0.05, 0) is 6.92 Å². The van der Waals surface area contributed by atoms with Crippen molar-refractivity contribution < 1.29 is 38.7 Å². The molecule has 3 rings (SSSR count). The van der Waals surface area contributed by atoms with Crippen molar-refractivity contribution in [2.75, 3.05) is 6.61 Å². The quantitative estimate of drug-likeness (QED) is 0.660. The number of benzene rings is 1. The Morgan fingerprint density at radius 3 is 2.59 bits per heavy atom. The third kappa shape index (κ3) is 4.45. The van der Waals surface area contributed by atoms with Gasteiger partial charge in [0.05, 0.1) is 6.61 Å². The van der Waals surface area contributed by atoms with Crippen LogP contribution in [0.5, 0.6) is 0 Å². The molecule has 0 unspecified atom stereocenters. The molecule has 1 aromatic rings. The summed E-state index contributed by atoms with van der Waals surface area (Å²) < 4.78 is 22.9. The monoisotopic (exact) mass is 381 g/mol. The lowest BCUT2D eigenvalue weighted by Gasteiger charge is -2.48. The number of ether oxygens (including phenoxy) is 4. The van der Waals surface area contributed by atoms with Gasteiger partial charge in [-0.1, -0.05) is 30.3 Å². The molecule has 1 amide bonds. The van der Waals surface area contributed by atoms with Crippen LogP contribution in [0.1, 0.15) is 25.7 Å². The Labute approximate surface area is 156 Å². The minimum absolute atomic E-state index is 0.120. The molecule has 0 spiro atoms. The highest BCUT2D eigenvalue weighted by Gasteiger charge is 2.51. The number of aliphatic carboxylic acids is 1. The molecule has 148 valence electrons. The number of nitrogens with one attached hydrogen (secondary N) is 1. The Hall–Kier alpha value is -2.04. The van der Waals surface area contributed by atoms with Crippen molar-refractivity contribution in [3.05, 3.63) is 35.9 Å². The van der Waals surface area contributed by atoms with Crippen LogP contribution in [0.4, 0.5) is 0 Å². The number of carbonyl (C=O) groups is 2. The van der Waals surface area contributed by atoms with Crippen LogP contribution < -0.4 is 5.32 Å². The Bertz CT molecular complexity index is 669.